The van der Waals surface area contributed by atoms with E-state index in [2.05, 4.69) is 31.3 Å². The number of hydrogen-bond acceptors (Lipinski definition) is 5. The van der Waals surface area contributed by atoms with Crippen LogP contribution in [0.3, 0.4) is 0 Å². The molecule has 8 nitrogen and oxygen atoms in total. The highest BCUT2D eigenvalue weighted by Gasteiger charge is 2.27. The molecule has 0 aromatic carbocycles. The molecule has 0 aromatic heterocycles. The number of hydrogen-bond donors (Lipinski definition) is 3. The van der Waals surface area contributed by atoms with Crippen molar-refractivity contribution in [2.24, 2.45) is 0 Å². The number of unbranched alkanes of at least 4 members (excludes halogenated alkanes) is 23. The minimum absolute atomic E-state index is 0.0615. The predicted molar refractivity (Wildman–Crippen MR) is 217 cm³/mol. The Kier molecular flexibility index (Phi) is 34.0. The number of phosphoric acid groups is 1. The summed E-state index contributed by atoms with van der Waals surface area (Å²) < 4.78 is 23.5. The summed E-state index contributed by atoms with van der Waals surface area (Å²) in [6, 6.07) is -0.844. The number of nitrogens with zero attached hydrogens (tertiary/aromatic N) is 1. The second-order valence-electron chi connectivity index (χ2n) is 15.7. The molecular formula is C42H84N2O6P+. The Labute approximate surface area is 315 Å². The maximum absolute atomic E-state index is 12.8. The molecule has 0 radical (unpaired) electrons. The van der Waals surface area contributed by atoms with Gasteiger partial charge in [0.2, 0.25) is 5.91 Å². The van der Waals surface area contributed by atoms with Gasteiger partial charge in [-0.25, -0.2) is 4.57 Å². The second-order valence-corrected chi connectivity index (χ2v) is 17.2. The van der Waals surface area contributed by atoms with E-state index in [0.717, 1.165) is 38.5 Å². The summed E-state index contributed by atoms with van der Waals surface area (Å²) in [6.07, 6.45) is 39.5. The van der Waals surface area contributed by atoms with Crippen LogP contribution in [-0.4, -0.2) is 73.4 Å². The van der Waals surface area contributed by atoms with Gasteiger partial charge in [0.05, 0.1) is 39.9 Å². The van der Waals surface area contributed by atoms with Crippen LogP contribution in [0.4, 0.5) is 0 Å². The van der Waals surface area contributed by atoms with E-state index < -0.39 is 20.0 Å². The van der Waals surface area contributed by atoms with Crippen molar-refractivity contribution in [2.75, 3.05) is 40.9 Å². The predicted octanol–water partition coefficient (Wildman–Crippen LogP) is 11.4. The summed E-state index contributed by atoms with van der Waals surface area (Å²) in [6.45, 7) is 4.75. The first-order chi connectivity index (χ1) is 24.5. The lowest BCUT2D eigenvalue weighted by atomic mass is 10.0. The molecule has 0 saturated carbocycles. The topological polar surface area (TPSA) is 105 Å². The number of aliphatic hydroxyl groups is 1. The molecule has 1 unspecified atom stereocenters. The molecule has 0 rings (SSSR count). The maximum atomic E-state index is 12.8. The van der Waals surface area contributed by atoms with Crippen molar-refractivity contribution in [3.8, 4) is 0 Å². The van der Waals surface area contributed by atoms with E-state index >= 15 is 0 Å². The lowest BCUT2D eigenvalue weighted by Crippen LogP contribution is -2.45. The summed E-state index contributed by atoms with van der Waals surface area (Å²) in [5.74, 6) is -0.180. The van der Waals surface area contributed by atoms with Crippen molar-refractivity contribution in [3.63, 3.8) is 0 Å². The third-order valence-electron chi connectivity index (χ3n) is 9.40. The molecule has 0 aliphatic carbocycles. The molecule has 302 valence electrons. The largest absolute Gasteiger partial charge is 0.472 e. The normalized spacial score (nSPS) is 14.7. The Morgan fingerprint density at radius 1 is 0.647 bits per heavy atom. The van der Waals surface area contributed by atoms with E-state index in [1.165, 1.54) is 128 Å². The highest BCUT2D eigenvalue weighted by molar-refractivity contribution is 7.47. The molecule has 3 N–H and O–H groups in total. The zero-order valence-electron chi connectivity index (χ0n) is 34.1. The Hall–Kier alpha value is -1.02. The van der Waals surface area contributed by atoms with Crippen LogP contribution in [0.25, 0.3) is 0 Å². The smallest absolute Gasteiger partial charge is 0.387 e. The van der Waals surface area contributed by atoms with Crippen LogP contribution in [0.15, 0.2) is 24.3 Å². The van der Waals surface area contributed by atoms with Crippen LogP contribution in [0.2, 0.25) is 0 Å². The summed E-state index contributed by atoms with van der Waals surface area (Å²) in [5, 5.41) is 13.8. The van der Waals surface area contributed by atoms with Crippen molar-refractivity contribution in [3.05, 3.63) is 24.3 Å². The van der Waals surface area contributed by atoms with Gasteiger partial charge in [-0.3, -0.25) is 13.8 Å². The third kappa shape index (κ3) is 37.1. The van der Waals surface area contributed by atoms with Gasteiger partial charge in [0.1, 0.15) is 13.2 Å². The molecule has 9 heteroatoms. The quantitative estimate of drug-likeness (QED) is 0.0252. The van der Waals surface area contributed by atoms with E-state index in [1.807, 2.05) is 27.2 Å². The summed E-state index contributed by atoms with van der Waals surface area (Å²) in [5.41, 5.74) is 0. The molecule has 0 bridgehead atoms. The molecule has 0 aliphatic heterocycles. The average Bonchev–Trinajstić information content (AvgIpc) is 3.07. The zero-order chi connectivity index (χ0) is 37.9. The van der Waals surface area contributed by atoms with Crippen LogP contribution in [0, 0.1) is 0 Å². The van der Waals surface area contributed by atoms with Gasteiger partial charge in [0, 0.05) is 6.42 Å². The highest BCUT2D eigenvalue weighted by atomic mass is 31.2. The number of carbonyl (C=O) groups is 1. The first-order valence-electron chi connectivity index (χ1n) is 21.2. The molecule has 3 atom stereocenters. The summed E-state index contributed by atoms with van der Waals surface area (Å²) in [7, 11) is 1.57. The van der Waals surface area contributed by atoms with Crippen LogP contribution < -0.4 is 5.32 Å². The third-order valence-corrected chi connectivity index (χ3v) is 10.4. The number of nitrogens with one attached hydrogen (secondary N) is 1. The fraction of sp³-hybridized carbons (Fsp3) is 0.881. The van der Waals surface area contributed by atoms with E-state index in [1.54, 1.807) is 6.08 Å². The van der Waals surface area contributed by atoms with Crippen molar-refractivity contribution in [2.45, 2.75) is 199 Å². The van der Waals surface area contributed by atoms with Crippen LogP contribution in [0.5, 0.6) is 0 Å². The Balaban J connectivity index is 4.44. The minimum atomic E-state index is -4.33. The van der Waals surface area contributed by atoms with Gasteiger partial charge >= 0.3 is 7.82 Å². The van der Waals surface area contributed by atoms with E-state index in [-0.39, 0.29) is 19.1 Å². The standard InChI is InChI=1S/C42H83N2O6P/c1-6-8-10-12-14-16-18-20-21-22-24-26-28-30-32-34-36-42(46)43-40(39-50-51(47,48)49-38-37-44(3,4)5)41(45)35-33-31-29-27-25-23-19-17-15-13-11-9-7-2/h11,13,33,35,40-41,45H,6-10,12,14-32,34,36-39H2,1-5H3,(H-,43,46,47,48)/p+1/b13-11+,35-33+/t40-,41+/m0/s1. The molecule has 0 heterocycles. The van der Waals surface area contributed by atoms with Gasteiger partial charge in [-0.15, -0.1) is 0 Å². The van der Waals surface area contributed by atoms with Crippen molar-refractivity contribution in [1.29, 1.82) is 0 Å². The van der Waals surface area contributed by atoms with Gasteiger partial charge < -0.3 is 19.8 Å². The van der Waals surface area contributed by atoms with E-state index in [0.29, 0.717) is 17.4 Å². The minimum Gasteiger partial charge on any atom is -0.387 e. The Morgan fingerprint density at radius 3 is 1.59 bits per heavy atom. The van der Waals surface area contributed by atoms with Crippen molar-refractivity contribution >= 4 is 13.7 Å². The van der Waals surface area contributed by atoms with Crippen LogP contribution in [0.1, 0.15) is 187 Å². The lowest BCUT2D eigenvalue weighted by molar-refractivity contribution is -0.870. The number of aliphatic hydroxyl groups excluding tert-OH is 1. The molecule has 0 saturated heterocycles. The van der Waals surface area contributed by atoms with Gasteiger partial charge in [0.25, 0.3) is 0 Å². The second kappa shape index (κ2) is 34.7. The first-order valence-corrected chi connectivity index (χ1v) is 22.7. The number of amides is 1. The SMILES string of the molecule is CCC/C=C/CCCCCCCC/C=C/[C@@H](O)[C@H](COP(=O)(O)OCC[N+](C)(C)C)NC(=O)CCCCCCCCCCCCCCCCCC. The zero-order valence-corrected chi connectivity index (χ0v) is 35.0. The van der Waals surface area contributed by atoms with E-state index in [4.69, 9.17) is 9.05 Å². The average molecular weight is 744 g/mol. The summed E-state index contributed by atoms with van der Waals surface area (Å²) in [4.78, 5) is 23.1. The monoisotopic (exact) mass is 744 g/mol. The summed E-state index contributed by atoms with van der Waals surface area (Å²) >= 11 is 0. The lowest BCUT2D eigenvalue weighted by Gasteiger charge is -2.25. The number of phosphoric ester groups is 1. The number of allylic oxidation sites excluding steroid dienone is 3. The van der Waals surface area contributed by atoms with Crippen molar-refractivity contribution < 1.29 is 32.9 Å². The van der Waals surface area contributed by atoms with E-state index in [9.17, 15) is 19.4 Å². The van der Waals surface area contributed by atoms with Crippen LogP contribution in [-0.2, 0) is 18.4 Å². The fourth-order valence-corrected chi connectivity index (χ4v) is 6.72. The van der Waals surface area contributed by atoms with Gasteiger partial charge in [0.15, 0.2) is 0 Å². The molecule has 0 spiro atoms. The Bertz CT molecular complexity index is 891. The fourth-order valence-electron chi connectivity index (χ4n) is 5.98. The molecule has 1 amide bonds. The molecular weight excluding hydrogens is 659 g/mol. The maximum Gasteiger partial charge on any atom is 0.472 e. The van der Waals surface area contributed by atoms with Gasteiger partial charge in [-0.1, -0.05) is 167 Å². The first kappa shape index (κ1) is 50.0. The Morgan fingerprint density at radius 2 is 1.10 bits per heavy atom. The van der Waals surface area contributed by atoms with Crippen LogP contribution >= 0.6 is 7.82 Å². The van der Waals surface area contributed by atoms with Gasteiger partial charge in [-0.2, -0.15) is 0 Å². The number of quaternary nitrogens is 1. The molecule has 0 aliphatic rings. The number of rotatable bonds is 38. The van der Waals surface area contributed by atoms with Crippen molar-refractivity contribution in [1.82, 2.24) is 5.32 Å². The highest BCUT2D eigenvalue weighted by Crippen LogP contribution is 2.43. The van der Waals surface area contributed by atoms with Gasteiger partial charge in [-0.05, 0) is 38.5 Å². The molecule has 0 fully saturated rings. The molecule has 0 aromatic rings. The molecule has 51 heavy (non-hydrogen) atoms. The number of likely N-dealkylation sites (N-methyl/N-ethyl adjacent to an activating group) is 1. The number of carbonyl (C=O) groups excluding carboxylic acids is 1.